The number of nitrogens with one attached hydrogen (secondary N) is 1. The fourth-order valence-corrected chi connectivity index (χ4v) is 10.6. The molecule has 1 amide bonds. The number of amides is 1. The first-order valence-electron chi connectivity index (χ1n) is 33.6. The van der Waals surface area contributed by atoms with Gasteiger partial charge in [-0.05, 0) is 57.8 Å². The molecule has 0 fully saturated rings. The highest BCUT2D eigenvalue weighted by atomic mass is 16.5. The monoisotopic (exact) mass is 1040 g/mol. The number of hydrogen-bond acceptors (Lipinski definition) is 5. The summed E-state index contributed by atoms with van der Waals surface area (Å²) in [5.74, 6) is -0.0500. The summed E-state index contributed by atoms with van der Waals surface area (Å²) in [5, 5.41) is 23.1. The van der Waals surface area contributed by atoms with Crippen LogP contribution in [-0.2, 0) is 14.3 Å². The zero-order valence-electron chi connectivity index (χ0n) is 50.1. The number of allylic oxidation sites excluding steroid dienone is 3. The highest BCUT2D eigenvalue weighted by Gasteiger charge is 2.18. The summed E-state index contributed by atoms with van der Waals surface area (Å²) in [6.07, 6.45) is 79.6. The lowest BCUT2D eigenvalue weighted by Crippen LogP contribution is -2.45. The van der Waals surface area contributed by atoms with E-state index in [9.17, 15) is 19.8 Å². The summed E-state index contributed by atoms with van der Waals surface area (Å²) in [4.78, 5) is 24.6. The van der Waals surface area contributed by atoms with Crippen LogP contribution in [0.3, 0.4) is 0 Å². The van der Waals surface area contributed by atoms with Crippen molar-refractivity contribution in [2.24, 2.45) is 0 Å². The average molecular weight is 1040 g/mol. The Labute approximate surface area is 462 Å². The Kier molecular flexibility index (Phi) is 62.4. The van der Waals surface area contributed by atoms with E-state index in [-0.39, 0.29) is 18.5 Å². The number of rotatable bonds is 63. The second-order valence-corrected chi connectivity index (χ2v) is 23.2. The van der Waals surface area contributed by atoms with Crippen LogP contribution in [0.1, 0.15) is 373 Å². The normalized spacial score (nSPS) is 12.6. The fraction of sp³-hybridized carbons (Fsp3) is 0.912. The fourth-order valence-electron chi connectivity index (χ4n) is 10.6. The van der Waals surface area contributed by atoms with E-state index in [1.807, 2.05) is 6.08 Å². The Morgan fingerprint density at radius 2 is 0.635 bits per heavy atom. The Morgan fingerprint density at radius 3 is 0.959 bits per heavy atom. The van der Waals surface area contributed by atoms with Crippen LogP contribution in [0.4, 0.5) is 0 Å². The van der Waals surface area contributed by atoms with Gasteiger partial charge in [-0.1, -0.05) is 327 Å². The molecule has 0 aliphatic heterocycles. The van der Waals surface area contributed by atoms with E-state index in [0.29, 0.717) is 19.4 Å². The highest BCUT2D eigenvalue weighted by Crippen LogP contribution is 2.18. The Balaban J connectivity index is 3.34. The van der Waals surface area contributed by atoms with Gasteiger partial charge in [0.25, 0.3) is 0 Å². The molecule has 0 heterocycles. The summed E-state index contributed by atoms with van der Waals surface area (Å²) < 4.78 is 5.50. The lowest BCUT2D eigenvalue weighted by molar-refractivity contribution is -0.143. The van der Waals surface area contributed by atoms with Gasteiger partial charge >= 0.3 is 5.97 Å². The van der Waals surface area contributed by atoms with Crippen molar-refractivity contribution >= 4 is 11.9 Å². The van der Waals surface area contributed by atoms with Crippen LogP contribution in [0.25, 0.3) is 0 Å². The number of hydrogen-bond donors (Lipinski definition) is 3. The van der Waals surface area contributed by atoms with Crippen LogP contribution in [0, 0.1) is 0 Å². The molecule has 0 rings (SSSR count). The molecule has 0 aliphatic rings. The lowest BCUT2D eigenvalue weighted by atomic mass is 10.0. The standard InChI is InChI=1S/C68H131NO5/c1-3-5-7-9-11-13-15-17-18-19-31-34-38-42-46-50-54-58-62-68(73)74-63-59-55-51-47-43-39-35-32-29-27-25-23-21-20-22-24-26-28-30-33-37-41-45-49-53-57-61-67(72)69-65(64-70)66(71)60-56-52-48-44-40-36-16-14-12-10-8-6-4-2/h18-19,56,60,65-66,70-71H,3-17,20-55,57-59,61-64H2,1-2H3,(H,69,72)/b19-18-,60-56+. The van der Waals surface area contributed by atoms with Crippen molar-refractivity contribution in [1.82, 2.24) is 5.32 Å². The first-order valence-corrected chi connectivity index (χ1v) is 33.6. The molecule has 0 aliphatic carbocycles. The predicted molar refractivity (Wildman–Crippen MR) is 324 cm³/mol. The molecule has 0 spiro atoms. The van der Waals surface area contributed by atoms with E-state index >= 15 is 0 Å². The third-order valence-electron chi connectivity index (χ3n) is 15.7. The molecule has 0 aromatic heterocycles. The molecule has 0 aromatic carbocycles. The van der Waals surface area contributed by atoms with Crippen LogP contribution in [0.5, 0.6) is 0 Å². The number of unbranched alkanes of at least 4 members (excludes halogenated alkanes) is 50. The van der Waals surface area contributed by atoms with Crippen LogP contribution in [0.2, 0.25) is 0 Å². The van der Waals surface area contributed by atoms with Gasteiger partial charge in [-0.25, -0.2) is 0 Å². The van der Waals surface area contributed by atoms with Gasteiger partial charge in [0, 0.05) is 12.8 Å². The second-order valence-electron chi connectivity index (χ2n) is 23.2. The molecule has 0 radical (unpaired) electrons. The smallest absolute Gasteiger partial charge is 0.305 e. The highest BCUT2D eigenvalue weighted by molar-refractivity contribution is 5.76. The molecule has 6 nitrogen and oxygen atoms in total. The number of carbonyl (C=O) groups excluding carboxylic acids is 2. The maximum atomic E-state index is 12.5. The largest absolute Gasteiger partial charge is 0.466 e. The van der Waals surface area contributed by atoms with Crippen LogP contribution >= 0.6 is 0 Å². The van der Waals surface area contributed by atoms with Gasteiger partial charge in [-0.2, -0.15) is 0 Å². The number of esters is 1. The molecule has 6 heteroatoms. The SMILES string of the molecule is CCCCCCCCC/C=C\CCCCCCCCCC(=O)OCCCCCCCCCCCCCCCCCCCCCCCCCCCCC(=O)NC(CO)C(O)/C=C/CCCCCCCCCCCCC. The van der Waals surface area contributed by atoms with E-state index < -0.39 is 12.1 Å². The van der Waals surface area contributed by atoms with Crippen molar-refractivity contribution in [1.29, 1.82) is 0 Å². The lowest BCUT2D eigenvalue weighted by Gasteiger charge is -2.20. The van der Waals surface area contributed by atoms with Crippen LogP contribution < -0.4 is 5.32 Å². The molecule has 438 valence electrons. The topological polar surface area (TPSA) is 95.9 Å². The minimum Gasteiger partial charge on any atom is -0.466 e. The maximum Gasteiger partial charge on any atom is 0.305 e. The van der Waals surface area contributed by atoms with E-state index in [4.69, 9.17) is 4.74 Å². The Bertz CT molecular complexity index is 1150. The maximum absolute atomic E-state index is 12.5. The van der Waals surface area contributed by atoms with Gasteiger partial charge in [0.15, 0.2) is 0 Å². The second kappa shape index (κ2) is 63.9. The van der Waals surface area contributed by atoms with Crippen molar-refractivity contribution in [3.8, 4) is 0 Å². The molecule has 0 saturated heterocycles. The first kappa shape index (κ1) is 72.3. The zero-order chi connectivity index (χ0) is 53.6. The molecule has 0 saturated carbocycles. The number of ether oxygens (including phenoxy) is 1. The number of aliphatic hydroxyl groups excluding tert-OH is 2. The van der Waals surface area contributed by atoms with Gasteiger partial charge in [0.2, 0.25) is 5.91 Å². The third kappa shape index (κ3) is 59.6. The van der Waals surface area contributed by atoms with E-state index in [0.717, 1.165) is 44.9 Å². The minimum absolute atomic E-state index is 0.0145. The molecule has 2 atom stereocenters. The van der Waals surface area contributed by atoms with Gasteiger partial charge in [-0.3, -0.25) is 9.59 Å². The van der Waals surface area contributed by atoms with Crippen molar-refractivity contribution in [2.75, 3.05) is 13.2 Å². The summed E-state index contributed by atoms with van der Waals surface area (Å²) >= 11 is 0. The predicted octanol–water partition coefficient (Wildman–Crippen LogP) is 21.4. The first-order chi connectivity index (χ1) is 36.5. The van der Waals surface area contributed by atoms with E-state index in [2.05, 4.69) is 31.3 Å². The molecule has 74 heavy (non-hydrogen) atoms. The van der Waals surface area contributed by atoms with E-state index in [1.54, 1.807) is 6.08 Å². The van der Waals surface area contributed by atoms with Crippen LogP contribution in [-0.4, -0.2) is 47.4 Å². The zero-order valence-corrected chi connectivity index (χ0v) is 50.1. The van der Waals surface area contributed by atoms with Crippen molar-refractivity contribution < 1.29 is 24.5 Å². The molecule has 0 bridgehead atoms. The summed E-state index contributed by atoms with van der Waals surface area (Å²) in [7, 11) is 0. The Hall–Kier alpha value is -1.66. The number of aliphatic hydroxyl groups is 2. The van der Waals surface area contributed by atoms with Gasteiger partial charge in [0.1, 0.15) is 0 Å². The van der Waals surface area contributed by atoms with Crippen molar-refractivity contribution in [2.45, 2.75) is 386 Å². The third-order valence-corrected chi connectivity index (χ3v) is 15.7. The Morgan fingerprint density at radius 1 is 0.365 bits per heavy atom. The summed E-state index contributed by atoms with van der Waals surface area (Å²) in [6, 6.07) is -0.625. The number of carbonyl (C=O) groups is 2. The van der Waals surface area contributed by atoms with Crippen molar-refractivity contribution in [3.05, 3.63) is 24.3 Å². The molecule has 0 aromatic rings. The molecule has 3 N–H and O–H groups in total. The summed E-state index contributed by atoms with van der Waals surface area (Å²) in [5.41, 5.74) is 0. The minimum atomic E-state index is -0.842. The van der Waals surface area contributed by atoms with Gasteiger partial charge in [-0.15, -0.1) is 0 Å². The van der Waals surface area contributed by atoms with Gasteiger partial charge in [0.05, 0.1) is 25.4 Å². The van der Waals surface area contributed by atoms with E-state index in [1.165, 1.54) is 302 Å². The van der Waals surface area contributed by atoms with Gasteiger partial charge < -0.3 is 20.3 Å². The summed E-state index contributed by atoms with van der Waals surface area (Å²) in [6.45, 7) is 4.92. The quantitative estimate of drug-likeness (QED) is 0.0320. The van der Waals surface area contributed by atoms with Crippen LogP contribution in [0.15, 0.2) is 24.3 Å². The molecule has 2 unspecified atom stereocenters. The average Bonchev–Trinajstić information content (AvgIpc) is 3.40. The van der Waals surface area contributed by atoms with Crippen molar-refractivity contribution in [3.63, 3.8) is 0 Å². The molecular weight excluding hydrogens is 911 g/mol. The molecular formula is C68H131NO5.